The first-order chi connectivity index (χ1) is 20.7. The first-order valence-corrected chi connectivity index (χ1v) is 16.2. The molecule has 2 aliphatic rings. The molecule has 1 fully saturated rings. The van der Waals surface area contributed by atoms with Crippen molar-refractivity contribution < 1.29 is 13.5 Å². The van der Waals surface area contributed by atoms with Crippen molar-refractivity contribution in [1.29, 1.82) is 0 Å². The van der Waals surface area contributed by atoms with E-state index >= 15 is 0 Å². The molecule has 1 atom stereocenters. The molecular formula is C35H36N4O3S. The zero-order chi connectivity index (χ0) is 29.9. The van der Waals surface area contributed by atoms with E-state index in [2.05, 4.69) is 48.2 Å². The van der Waals surface area contributed by atoms with Crippen molar-refractivity contribution in [2.24, 2.45) is 5.92 Å². The molecule has 0 spiro atoms. The Labute approximate surface area is 253 Å². The number of aromatic nitrogens is 2. The van der Waals surface area contributed by atoms with E-state index in [4.69, 9.17) is 4.98 Å². The molecule has 43 heavy (non-hydrogen) atoms. The third-order valence-electron chi connectivity index (χ3n) is 9.03. The highest BCUT2D eigenvalue weighted by Gasteiger charge is 2.31. The van der Waals surface area contributed by atoms with E-state index in [1.807, 2.05) is 43.3 Å². The fourth-order valence-corrected chi connectivity index (χ4v) is 7.75. The van der Waals surface area contributed by atoms with E-state index in [0.29, 0.717) is 5.65 Å². The summed E-state index contributed by atoms with van der Waals surface area (Å²) < 4.78 is 29.1. The Balaban J connectivity index is 1.34. The van der Waals surface area contributed by atoms with Gasteiger partial charge in [0.2, 0.25) is 0 Å². The van der Waals surface area contributed by atoms with Crippen molar-refractivity contribution in [3.05, 3.63) is 107 Å². The molecule has 220 valence electrons. The molecule has 1 N–H and O–H groups in total. The van der Waals surface area contributed by atoms with E-state index in [1.165, 1.54) is 15.1 Å². The highest BCUT2D eigenvalue weighted by atomic mass is 32.2. The van der Waals surface area contributed by atoms with Crippen LogP contribution in [0.3, 0.4) is 0 Å². The molecule has 0 saturated carbocycles. The van der Waals surface area contributed by atoms with Gasteiger partial charge in [-0.2, -0.15) is 0 Å². The third kappa shape index (κ3) is 5.08. The van der Waals surface area contributed by atoms with E-state index in [-0.39, 0.29) is 10.8 Å². The first-order valence-electron chi connectivity index (χ1n) is 14.8. The number of nitrogens with zero attached hydrogens (tertiary/aromatic N) is 4. The molecule has 7 rings (SSSR count). The molecule has 8 heteroatoms. The van der Waals surface area contributed by atoms with Gasteiger partial charge in [0, 0.05) is 61.0 Å². The lowest BCUT2D eigenvalue weighted by Gasteiger charge is -2.39. The van der Waals surface area contributed by atoms with Crippen molar-refractivity contribution in [3.63, 3.8) is 0 Å². The number of pyridine rings is 1. The monoisotopic (exact) mass is 592 g/mol. The van der Waals surface area contributed by atoms with Gasteiger partial charge in [0.05, 0.1) is 11.0 Å². The number of aryl methyl sites for hydroxylation is 1. The van der Waals surface area contributed by atoms with Crippen LogP contribution in [0.25, 0.3) is 33.3 Å². The van der Waals surface area contributed by atoms with Gasteiger partial charge in [-0.15, -0.1) is 0 Å². The van der Waals surface area contributed by atoms with Crippen molar-refractivity contribution in [2.45, 2.75) is 30.9 Å². The van der Waals surface area contributed by atoms with Crippen LogP contribution >= 0.6 is 0 Å². The summed E-state index contributed by atoms with van der Waals surface area (Å²) in [5, 5.41) is 11.6. The zero-order valence-electron chi connectivity index (χ0n) is 24.7. The summed E-state index contributed by atoms with van der Waals surface area (Å²) in [7, 11) is 0.304. The summed E-state index contributed by atoms with van der Waals surface area (Å²) in [5.41, 5.74) is 8.62. The summed E-state index contributed by atoms with van der Waals surface area (Å²) in [6.45, 7) is 5.66. The van der Waals surface area contributed by atoms with Gasteiger partial charge < -0.3 is 14.9 Å². The molecular weight excluding hydrogens is 556 g/mol. The summed E-state index contributed by atoms with van der Waals surface area (Å²) in [6, 6.07) is 23.4. The normalized spacial score (nSPS) is 17.1. The van der Waals surface area contributed by atoms with E-state index in [0.717, 1.165) is 71.4 Å². The maximum absolute atomic E-state index is 13.9. The highest BCUT2D eigenvalue weighted by molar-refractivity contribution is 7.90. The Morgan fingerprint density at radius 1 is 0.860 bits per heavy atom. The van der Waals surface area contributed by atoms with Crippen LogP contribution in [0.1, 0.15) is 28.4 Å². The second-order valence-corrected chi connectivity index (χ2v) is 14.1. The maximum Gasteiger partial charge on any atom is 0.269 e. The Morgan fingerprint density at radius 2 is 1.58 bits per heavy atom. The Bertz CT molecular complexity index is 1930. The molecule has 0 bridgehead atoms. The molecule has 0 amide bonds. The van der Waals surface area contributed by atoms with E-state index in [9.17, 15) is 13.5 Å². The number of hydrogen-bond acceptors (Lipinski definition) is 6. The van der Waals surface area contributed by atoms with Crippen LogP contribution in [0.15, 0.2) is 90.1 Å². The largest absolute Gasteiger partial charge is 0.388 e. The summed E-state index contributed by atoms with van der Waals surface area (Å²) in [4.78, 5) is 9.50. The molecule has 2 aliphatic heterocycles. The minimum absolute atomic E-state index is 0.219. The van der Waals surface area contributed by atoms with Crippen LogP contribution in [-0.4, -0.2) is 66.0 Å². The van der Waals surface area contributed by atoms with Crippen LogP contribution in [-0.2, 0) is 23.0 Å². The second-order valence-electron chi connectivity index (χ2n) is 12.3. The average Bonchev–Trinajstić information content (AvgIpc) is 3.39. The van der Waals surface area contributed by atoms with Gasteiger partial charge in [-0.1, -0.05) is 60.2 Å². The smallest absolute Gasteiger partial charge is 0.269 e. The highest BCUT2D eigenvalue weighted by Crippen LogP contribution is 2.37. The van der Waals surface area contributed by atoms with Crippen LogP contribution in [0, 0.1) is 12.8 Å². The van der Waals surface area contributed by atoms with Crippen molar-refractivity contribution in [1.82, 2.24) is 18.8 Å². The predicted octanol–water partition coefficient (Wildman–Crippen LogP) is 5.50. The fourth-order valence-electron chi connectivity index (χ4n) is 6.43. The van der Waals surface area contributed by atoms with Crippen LogP contribution in [0.4, 0.5) is 0 Å². The predicted molar refractivity (Wildman–Crippen MR) is 170 cm³/mol. The number of aliphatic hydroxyl groups excluding tert-OH is 1. The quantitative estimate of drug-likeness (QED) is 0.281. The van der Waals surface area contributed by atoms with Crippen LogP contribution < -0.4 is 0 Å². The van der Waals surface area contributed by atoms with Crippen LogP contribution in [0.5, 0.6) is 0 Å². The Morgan fingerprint density at radius 3 is 2.30 bits per heavy atom. The lowest BCUT2D eigenvalue weighted by atomic mass is 9.89. The number of hydrogen-bond donors (Lipinski definition) is 1. The molecule has 1 saturated heterocycles. The molecule has 5 aromatic rings. The zero-order valence-corrected chi connectivity index (χ0v) is 25.6. The Hall–Kier alpha value is -3.82. The molecule has 0 aliphatic carbocycles. The van der Waals surface area contributed by atoms with E-state index < -0.39 is 16.1 Å². The number of benzene rings is 3. The van der Waals surface area contributed by atoms with Gasteiger partial charge in [-0.05, 0) is 73.5 Å². The van der Waals surface area contributed by atoms with Gasteiger partial charge in [-0.25, -0.2) is 17.4 Å². The number of aliphatic hydroxyl groups is 1. The van der Waals surface area contributed by atoms with Gasteiger partial charge >= 0.3 is 0 Å². The SMILES string of the molecule is Cc1ccc(S(=O)(=O)n2cc(-c3ccc(C(O)C4CN(C)C4)cc3)c3cc(-c4ccc5c(c4)CCN(C)C5)cnc32)cc1. The lowest BCUT2D eigenvalue weighted by molar-refractivity contribution is 0.00901. The first kappa shape index (κ1) is 28.0. The minimum Gasteiger partial charge on any atom is -0.388 e. The molecule has 3 aromatic carbocycles. The standard InChI is InChI=1S/C35H36N4O3S/c1-23-4-12-31(13-5-23)43(41,42)39-22-33(24-6-8-25(9-7-24)34(40)30-20-38(3)21-30)32-17-29(18-36-35(32)39)26-10-11-28-19-37(2)15-14-27(28)16-26/h4-13,16-18,22,30,34,40H,14-15,19-21H2,1-3H3. The summed E-state index contributed by atoms with van der Waals surface area (Å²) >= 11 is 0. The van der Waals surface area contributed by atoms with Gasteiger partial charge in [0.15, 0.2) is 5.65 Å². The van der Waals surface area contributed by atoms with Crippen LogP contribution in [0.2, 0.25) is 0 Å². The minimum atomic E-state index is -3.89. The van der Waals surface area contributed by atoms with Crippen molar-refractivity contribution in [3.8, 4) is 22.3 Å². The third-order valence-corrected chi connectivity index (χ3v) is 10.7. The van der Waals surface area contributed by atoms with Gasteiger partial charge in [-0.3, -0.25) is 0 Å². The molecule has 4 heterocycles. The summed E-state index contributed by atoms with van der Waals surface area (Å²) in [6.07, 6.45) is 3.94. The molecule has 0 radical (unpaired) electrons. The maximum atomic E-state index is 13.9. The second kappa shape index (κ2) is 10.7. The summed E-state index contributed by atoms with van der Waals surface area (Å²) in [5.74, 6) is 0.223. The molecule has 1 unspecified atom stereocenters. The number of rotatable bonds is 6. The van der Waals surface area contributed by atoms with Crippen molar-refractivity contribution >= 4 is 21.1 Å². The van der Waals surface area contributed by atoms with Gasteiger partial charge in [0.25, 0.3) is 10.0 Å². The fraction of sp³-hybridized carbons (Fsp3) is 0.286. The topological polar surface area (TPSA) is 78.7 Å². The van der Waals surface area contributed by atoms with Crippen molar-refractivity contribution in [2.75, 3.05) is 33.7 Å². The molecule has 7 nitrogen and oxygen atoms in total. The lowest BCUT2D eigenvalue weighted by Crippen LogP contribution is -2.46. The van der Waals surface area contributed by atoms with E-state index in [1.54, 1.807) is 24.5 Å². The Kier molecular flexibility index (Phi) is 6.97. The molecule has 2 aromatic heterocycles. The number of likely N-dealkylation sites (tertiary alicyclic amines) is 1. The average molecular weight is 593 g/mol. The number of likely N-dealkylation sites (N-methyl/N-ethyl adjacent to an activating group) is 1. The number of fused-ring (bicyclic) bond motifs is 2. The van der Waals surface area contributed by atoms with Gasteiger partial charge in [0.1, 0.15) is 0 Å².